The first-order chi connectivity index (χ1) is 7.22. The number of aromatic amines is 1. The minimum absolute atomic E-state index is 0.252. The zero-order valence-corrected chi connectivity index (χ0v) is 9.14. The third-order valence-electron chi connectivity index (χ3n) is 2.28. The smallest absolute Gasteiger partial charge is 0.182 e. The summed E-state index contributed by atoms with van der Waals surface area (Å²) in [6.07, 6.45) is 2.71. The fraction of sp³-hybridized carbons (Fsp3) is 0.182. The van der Waals surface area contributed by atoms with Crippen LogP contribution < -0.4 is 0 Å². The highest BCUT2D eigenvalue weighted by atomic mass is 32.1. The zero-order valence-electron chi connectivity index (χ0n) is 8.33. The first kappa shape index (κ1) is 10.1. The fourth-order valence-electron chi connectivity index (χ4n) is 1.56. The molecule has 78 valence electrons. The Morgan fingerprint density at radius 1 is 1.47 bits per heavy atom. The van der Waals surface area contributed by atoms with Crippen LogP contribution in [-0.4, -0.2) is 9.55 Å². The van der Waals surface area contributed by atoms with Gasteiger partial charge in [0, 0.05) is 11.9 Å². The van der Waals surface area contributed by atoms with Crippen molar-refractivity contribution < 1.29 is 4.39 Å². The molecule has 0 spiro atoms. The van der Waals surface area contributed by atoms with Crippen LogP contribution >= 0.6 is 12.2 Å². The van der Waals surface area contributed by atoms with Crippen molar-refractivity contribution in [2.75, 3.05) is 0 Å². The molecule has 0 fully saturated rings. The van der Waals surface area contributed by atoms with Crippen LogP contribution in [0.2, 0.25) is 0 Å². The standard InChI is InChI=1S/C11H11FN2S/c1-2-9-7-13-11(15)14(9)10-5-3-4-8(12)6-10/h3-7H,2H2,1H3,(H,13,15). The van der Waals surface area contributed by atoms with E-state index >= 15 is 0 Å². The van der Waals surface area contributed by atoms with Gasteiger partial charge in [-0.15, -0.1) is 0 Å². The van der Waals surface area contributed by atoms with Gasteiger partial charge in [-0.05, 0) is 36.8 Å². The van der Waals surface area contributed by atoms with Gasteiger partial charge in [-0.25, -0.2) is 4.39 Å². The third kappa shape index (κ3) is 1.85. The summed E-state index contributed by atoms with van der Waals surface area (Å²) in [6, 6.07) is 6.42. The molecule has 0 saturated heterocycles. The van der Waals surface area contributed by atoms with Gasteiger partial charge in [0.05, 0.1) is 5.69 Å². The molecule has 0 aliphatic rings. The molecule has 15 heavy (non-hydrogen) atoms. The largest absolute Gasteiger partial charge is 0.337 e. The van der Waals surface area contributed by atoms with Gasteiger partial charge in [0.25, 0.3) is 0 Å². The Morgan fingerprint density at radius 3 is 2.93 bits per heavy atom. The molecule has 0 aliphatic carbocycles. The Balaban J connectivity index is 2.62. The lowest BCUT2D eigenvalue weighted by Gasteiger charge is -2.06. The van der Waals surface area contributed by atoms with E-state index in [0.29, 0.717) is 4.77 Å². The SMILES string of the molecule is CCc1c[nH]c(=S)n1-c1cccc(F)c1. The second-order valence-electron chi connectivity index (χ2n) is 3.25. The molecule has 1 heterocycles. The number of hydrogen-bond donors (Lipinski definition) is 1. The van der Waals surface area contributed by atoms with Crippen molar-refractivity contribution in [3.8, 4) is 5.69 Å². The summed E-state index contributed by atoms with van der Waals surface area (Å²) in [6.45, 7) is 2.04. The molecule has 0 unspecified atom stereocenters. The maximum atomic E-state index is 13.1. The lowest BCUT2D eigenvalue weighted by Crippen LogP contribution is -1.99. The summed E-state index contributed by atoms with van der Waals surface area (Å²) in [7, 11) is 0. The molecule has 0 saturated carbocycles. The molecule has 1 N–H and O–H groups in total. The molecule has 2 aromatic rings. The van der Waals surface area contributed by atoms with E-state index in [1.807, 2.05) is 23.8 Å². The van der Waals surface area contributed by atoms with Crippen LogP contribution in [0.25, 0.3) is 5.69 Å². The van der Waals surface area contributed by atoms with Crippen LogP contribution in [0.4, 0.5) is 4.39 Å². The third-order valence-corrected chi connectivity index (χ3v) is 2.58. The Morgan fingerprint density at radius 2 is 2.27 bits per heavy atom. The van der Waals surface area contributed by atoms with Gasteiger partial charge >= 0.3 is 0 Å². The van der Waals surface area contributed by atoms with Crippen LogP contribution in [0, 0.1) is 10.6 Å². The highest BCUT2D eigenvalue weighted by molar-refractivity contribution is 7.71. The number of benzene rings is 1. The summed E-state index contributed by atoms with van der Waals surface area (Å²) in [5, 5.41) is 0. The number of imidazole rings is 1. The number of H-pyrrole nitrogens is 1. The molecular formula is C11H11FN2S. The van der Waals surface area contributed by atoms with Gasteiger partial charge in [-0.2, -0.15) is 0 Å². The van der Waals surface area contributed by atoms with Crippen molar-refractivity contribution in [2.45, 2.75) is 13.3 Å². The van der Waals surface area contributed by atoms with Crippen LogP contribution in [0.15, 0.2) is 30.5 Å². The molecule has 4 heteroatoms. The Kier molecular flexibility index (Phi) is 2.68. The summed E-state index contributed by atoms with van der Waals surface area (Å²) in [4.78, 5) is 2.96. The number of nitrogens with zero attached hydrogens (tertiary/aromatic N) is 1. The zero-order chi connectivity index (χ0) is 10.8. The topological polar surface area (TPSA) is 20.7 Å². The highest BCUT2D eigenvalue weighted by Crippen LogP contribution is 2.14. The predicted molar refractivity (Wildman–Crippen MR) is 60.3 cm³/mol. The number of aryl methyl sites for hydroxylation is 1. The van der Waals surface area contributed by atoms with E-state index in [1.54, 1.807) is 6.07 Å². The second-order valence-corrected chi connectivity index (χ2v) is 3.64. The van der Waals surface area contributed by atoms with Crippen molar-refractivity contribution in [1.29, 1.82) is 0 Å². The maximum Gasteiger partial charge on any atom is 0.182 e. The molecule has 0 bridgehead atoms. The lowest BCUT2D eigenvalue weighted by atomic mass is 10.3. The molecule has 1 aromatic carbocycles. The minimum atomic E-state index is -0.252. The average Bonchev–Trinajstić information content (AvgIpc) is 2.59. The maximum absolute atomic E-state index is 13.1. The highest BCUT2D eigenvalue weighted by Gasteiger charge is 2.04. The second kappa shape index (κ2) is 3.98. The molecule has 0 amide bonds. The molecular weight excluding hydrogens is 211 g/mol. The molecule has 1 aromatic heterocycles. The van der Waals surface area contributed by atoms with Gasteiger partial charge in [-0.1, -0.05) is 13.0 Å². The van der Waals surface area contributed by atoms with Crippen LogP contribution in [0.1, 0.15) is 12.6 Å². The molecule has 0 radical (unpaired) electrons. The van der Waals surface area contributed by atoms with Crippen molar-refractivity contribution in [1.82, 2.24) is 9.55 Å². The number of aromatic nitrogens is 2. The van der Waals surface area contributed by atoms with E-state index in [-0.39, 0.29) is 5.82 Å². The van der Waals surface area contributed by atoms with Crippen molar-refractivity contribution in [3.05, 3.63) is 46.7 Å². The normalized spacial score (nSPS) is 10.5. The minimum Gasteiger partial charge on any atom is -0.337 e. The summed E-state index contributed by atoms with van der Waals surface area (Å²) in [5.41, 5.74) is 1.81. The summed E-state index contributed by atoms with van der Waals surface area (Å²) >= 11 is 5.15. The van der Waals surface area contributed by atoms with Gasteiger partial charge in [0.1, 0.15) is 5.82 Å². The van der Waals surface area contributed by atoms with E-state index in [1.165, 1.54) is 12.1 Å². The summed E-state index contributed by atoms with van der Waals surface area (Å²) < 4.78 is 15.5. The van der Waals surface area contributed by atoms with Crippen LogP contribution in [0.5, 0.6) is 0 Å². The number of nitrogens with one attached hydrogen (secondary N) is 1. The van der Waals surface area contributed by atoms with E-state index < -0.39 is 0 Å². The van der Waals surface area contributed by atoms with Gasteiger partial charge in [0.15, 0.2) is 4.77 Å². The quantitative estimate of drug-likeness (QED) is 0.774. The van der Waals surface area contributed by atoms with Crippen molar-refractivity contribution >= 4 is 12.2 Å². The summed E-state index contributed by atoms with van der Waals surface area (Å²) in [5.74, 6) is -0.252. The van der Waals surface area contributed by atoms with Crippen molar-refractivity contribution in [3.63, 3.8) is 0 Å². The van der Waals surface area contributed by atoms with E-state index in [9.17, 15) is 4.39 Å². The van der Waals surface area contributed by atoms with E-state index in [2.05, 4.69) is 4.98 Å². The van der Waals surface area contributed by atoms with Crippen LogP contribution in [0.3, 0.4) is 0 Å². The average molecular weight is 222 g/mol. The molecule has 2 nitrogen and oxygen atoms in total. The van der Waals surface area contributed by atoms with Crippen molar-refractivity contribution in [2.24, 2.45) is 0 Å². The molecule has 0 aliphatic heterocycles. The van der Waals surface area contributed by atoms with E-state index in [4.69, 9.17) is 12.2 Å². The number of hydrogen-bond acceptors (Lipinski definition) is 1. The van der Waals surface area contributed by atoms with Crippen LogP contribution in [-0.2, 0) is 6.42 Å². The lowest BCUT2D eigenvalue weighted by molar-refractivity contribution is 0.626. The Hall–Kier alpha value is -1.42. The fourth-order valence-corrected chi connectivity index (χ4v) is 1.84. The van der Waals surface area contributed by atoms with Gasteiger partial charge in [-0.3, -0.25) is 4.57 Å². The Labute approximate surface area is 92.4 Å². The predicted octanol–water partition coefficient (Wildman–Crippen LogP) is 3.24. The first-order valence-corrected chi connectivity index (χ1v) is 5.18. The van der Waals surface area contributed by atoms with E-state index in [0.717, 1.165) is 17.8 Å². The number of halogens is 1. The first-order valence-electron chi connectivity index (χ1n) is 4.77. The molecule has 2 rings (SSSR count). The number of rotatable bonds is 2. The van der Waals surface area contributed by atoms with Gasteiger partial charge in [0.2, 0.25) is 0 Å². The molecule has 0 atom stereocenters. The Bertz CT molecular complexity index is 527. The van der Waals surface area contributed by atoms with Gasteiger partial charge < -0.3 is 4.98 Å². The monoisotopic (exact) mass is 222 g/mol.